The second-order valence-electron chi connectivity index (χ2n) is 23.5. The molecule has 1 saturated heterocycles. The van der Waals surface area contributed by atoms with Crippen molar-refractivity contribution >= 4 is 21.5 Å². The Bertz CT molecular complexity index is 4130. The molecule has 10 aromatic carbocycles. The summed E-state index contributed by atoms with van der Waals surface area (Å²) in [7, 11) is 0. The minimum Gasteiger partial charge on any atom is -0.370 e. The van der Waals surface area contributed by atoms with Crippen LogP contribution in [0.3, 0.4) is 0 Å². The Morgan fingerprint density at radius 2 is 0.469 bits per heavy atom. The summed E-state index contributed by atoms with van der Waals surface area (Å²) in [5.41, 5.74) is -19.5. The van der Waals surface area contributed by atoms with Crippen LogP contribution in [0, 0.1) is 0 Å². The predicted molar refractivity (Wildman–Crippen MR) is 308 cm³/mol. The van der Waals surface area contributed by atoms with Crippen molar-refractivity contribution in [3.63, 3.8) is 0 Å². The lowest BCUT2D eigenvalue weighted by molar-refractivity contribution is -0.959. The molecule has 10 aromatic rings. The van der Waals surface area contributed by atoms with Gasteiger partial charge in [0.2, 0.25) is 0 Å². The first-order chi connectivity index (χ1) is 44.5. The van der Waals surface area contributed by atoms with Gasteiger partial charge >= 0.3 is 49.4 Å². The number of hydrogen-bond donors (Lipinski definition) is 0. The third kappa shape index (κ3) is 13.2. The SMILES string of the molecule is FC(F)(F)c1cc(-c2cc(-c3cc(C(F)(F)F)cc(C(F)(F)F)c3)cc(-c3cc4ccccc4c4c3C[N+]3(CCOCC3)Cc3c(-c5cc(-c6cc(C(F)(F)F)cc(C(F)(F)F)c6)cc(-c6cc(C(F)(F)F)cc(C(F)(F)F)c6)c5)cc5ccccc5c3-4)c2)cc(C(F)(F)F)c1. The van der Waals surface area contributed by atoms with E-state index in [0.717, 1.165) is 36.4 Å². The average molecular weight is 1370 g/mol. The monoisotopic (exact) mass is 1370 g/mol. The van der Waals surface area contributed by atoms with Gasteiger partial charge in [0.25, 0.3) is 0 Å². The Morgan fingerprint density at radius 3 is 0.708 bits per heavy atom. The summed E-state index contributed by atoms with van der Waals surface area (Å²) in [6.45, 7) is -0.193. The lowest BCUT2D eigenvalue weighted by Crippen LogP contribution is -2.53. The predicted octanol–water partition coefficient (Wildman–Crippen LogP) is 23.7. The van der Waals surface area contributed by atoms with E-state index in [2.05, 4.69) is 0 Å². The van der Waals surface area contributed by atoms with E-state index in [0.29, 0.717) is 70.1 Å². The number of morpholine rings is 1. The molecule has 2 aliphatic heterocycles. The van der Waals surface area contributed by atoms with Crippen LogP contribution in [0.25, 0.3) is 99.4 Å². The highest BCUT2D eigenvalue weighted by Crippen LogP contribution is 2.53. The summed E-state index contributed by atoms with van der Waals surface area (Å²) in [5, 5.41) is 1.36. The summed E-state index contributed by atoms with van der Waals surface area (Å²) < 4.78 is 357. The Kier molecular flexibility index (Phi) is 16.1. The van der Waals surface area contributed by atoms with Crippen LogP contribution >= 0.6 is 0 Å². The number of alkyl halides is 24. The molecule has 0 N–H and O–H groups in total. The van der Waals surface area contributed by atoms with E-state index in [-0.39, 0.29) is 113 Å². The molecular formula is C70H40F24NO+. The van der Waals surface area contributed by atoms with Crippen molar-refractivity contribution in [2.45, 2.75) is 62.5 Å². The number of ether oxygens (including phenoxy) is 1. The van der Waals surface area contributed by atoms with Crippen molar-refractivity contribution in [2.75, 3.05) is 26.3 Å². The molecule has 2 heterocycles. The summed E-state index contributed by atoms with van der Waals surface area (Å²) in [5.74, 6) is 0. The van der Waals surface area contributed by atoms with Crippen molar-refractivity contribution in [3.8, 4) is 77.9 Å². The third-order valence-corrected chi connectivity index (χ3v) is 17.1. The number of halogens is 24. The molecule has 1 fully saturated rings. The van der Waals surface area contributed by atoms with Crippen LogP contribution in [0.2, 0.25) is 0 Å². The standard InChI is InChI=1S/C70H40F24NO/c71-63(72,73)47-19-41(20-48(29-47)64(74,75)76)37-13-38(42-21-49(65(77,78)79)30-50(22-42)66(80,81)82)16-45(15-37)57-27-35-5-1-3-7-55(35)61-59(57)33-95(9-11-96-12-10-95)34-60-58(28-36-6-2-4-8-56(36)62(60)61)46-17-39(43-23-51(67(83,84)85)31-52(24-43)68(86,87)88)14-40(18-46)44-25-53(69(89,90)91)32-54(26-44)70(92,93)94/h1-8,13-32H,9-12,33-34H2/q+1. The van der Waals surface area contributed by atoms with E-state index < -0.39 is 138 Å². The van der Waals surface area contributed by atoms with Gasteiger partial charge in [-0.3, -0.25) is 0 Å². The van der Waals surface area contributed by atoms with Gasteiger partial charge in [-0.25, -0.2) is 0 Å². The third-order valence-electron chi connectivity index (χ3n) is 17.1. The Balaban J connectivity index is 1.22. The number of hydrogen-bond acceptors (Lipinski definition) is 1. The van der Waals surface area contributed by atoms with E-state index in [1.165, 1.54) is 12.1 Å². The molecule has 1 spiro atoms. The molecule has 0 aromatic heterocycles. The van der Waals surface area contributed by atoms with Gasteiger partial charge in [0, 0.05) is 22.3 Å². The fraction of sp³-hybridized carbons (Fsp3) is 0.200. The molecule has 0 bridgehead atoms. The van der Waals surface area contributed by atoms with Crippen molar-refractivity contribution in [1.82, 2.24) is 0 Å². The number of fused-ring (bicyclic) bond motifs is 7. The first-order valence-corrected chi connectivity index (χ1v) is 28.5. The van der Waals surface area contributed by atoms with Crippen LogP contribution < -0.4 is 0 Å². The maximum atomic E-state index is 14.6. The Hall–Kier alpha value is -9.04. The highest BCUT2D eigenvalue weighted by atomic mass is 19.4. The van der Waals surface area contributed by atoms with Gasteiger partial charge in [0.15, 0.2) is 0 Å². The smallest absolute Gasteiger partial charge is 0.370 e. The van der Waals surface area contributed by atoms with Crippen LogP contribution in [-0.2, 0) is 67.2 Å². The maximum absolute atomic E-state index is 14.6. The first-order valence-electron chi connectivity index (χ1n) is 28.5. The van der Waals surface area contributed by atoms with Gasteiger partial charge in [0.1, 0.15) is 26.2 Å². The molecule has 498 valence electrons. The number of rotatable bonds is 6. The van der Waals surface area contributed by atoms with Crippen LogP contribution in [0.5, 0.6) is 0 Å². The van der Waals surface area contributed by atoms with Crippen LogP contribution in [-0.4, -0.2) is 30.8 Å². The fourth-order valence-corrected chi connectivity index (χ4v) is 12.7. The molecule has 0 radical (unpaired) electrons. The summed E-state index contributed by atoms with van der Waals surface area (Å²) in [6, 6.07) is 23.6. The van der Waals surface area contributed by atoms with E-state index in [9.17, 15) is 105 Å². The molecule has 0 amide bonds. The topological polar surface area (TPSA) is 9.23 Å². The van der Waals surface area contributed by atoms with Crippen LogP contribution in [0.15, 0.2) is 170 Å². The lowest BCUT2D eigenvalue weighted by atomic mass is 9.81. The summed E-state index contributed by atoms with van der Waals surface area (Å²) >= 11 is 0. The zero-order chi connectivity index (χ0) is 69.4. The molecule has 26 heteroatoms. The normalized spacial score (nSPS) is 15.1. The van der Waals surface area contributed by atoms with Gasteiger partial charge < -0.3 is 9.22 Å². The molecule has 0 unspecified atom stereocenters. The number of nitrogens with zero attached hydrogens (tertiary/aromatic N) is 1. The minimum absolute atomic E-state index is 0.0158. The summed E-state index contributed by atoms with van der Waals surface area (Å²) in [4.78, 5) is 0. The van der Waals surface area contributed by atoms with Gasteiger partial charge in [-0.2, -0.15) is 105 Å². The Labute approximate surface area is 526 Å². The number of benzene rings is 10. The molecule has 2 nitrogen and oxygen atoms in total. The van der Waals surface area contributed by atoms with Gasteiger partial charge in [-0.05, 0) is 210 Å². The van der Waals surface area contributed by atoms with Gasteiger partial charge in [0.05, 0.1) is 57.7 Å². The summed E-state index contributed by atoms with van der Waals surface area (Å²) in [6.07, 6.45) is -43.7. The molecule has 2 aliphatic rings. The van der Waals surface area contributed by atoms with Gasteiger partial charge in [-0.15, -0.1) is 0 Å². The van der Waals surface area contributed by atoms with Gasteiger partial charge in [-0.1, -0.05) is 48.5 Å². The second-order valence-corrected chi connectivity index (χ2v) is 23.5. The fourth-order valence-electron chi connectivity index (χ4n) is 12.7. The van der Waals surface area contributed by atoms with Crippen LogP contribution in [0.4, 0.5) is 105 Å². The van der Waals surface area contributed by atoms with Crippen molar-refractivity contribution in [1.29, 1.82) is 0 Å². The van der Waals surface area contributed by atoms with E-state index in [4.69, 9.17) is 4.74 Å². The van der Waals surface area contributed by atoms with E-state index in [1.807, 2.05) is 0 Å². The first kappa shape index (κ1) is 67.0. The minimum atomic E-state index is -5.47. The van der Waals surface area contributed by atoms with E-state index in [1.54, 1.807) is 48.5 Å². The zero-order valence-corrected chi connectivity index (χ0v) is 48.3. The molecular weight excluding hydrogens is 1330 g/mol. The lowest BCUT2D eigenvalue weighted by Gasteiger charge is -2.41. The molecule has 0 atom stereocenters. The zero-order valence-electron chi connectivity index (χ0n) is 48.3. The highest BCUT2D eigenvalue weighted by molar-refractivity contribution is 6.12. The quantitative estimate of drug-likeness (QED) is 0.119. The van der Waals surface area contributed by atoms with Crippen molar-refractivity contribution in [2.24, 2.45) is 0 Å². The second kappa shape index (κ2) is 23.1. The highest BCUT2D eigenvalue weighted by Gasteiger charge is 2.44. The molecule has 0 aliphatic carbocycles. The Morgan fingerprint density at radius 1 is 0.250 bits per heavy atom. The van der Waals surface area contributed by atoms with Crippen molar-refractivity contribution < 1.29 is 115 Å². The van der Waals surface area contributed by atoms with Crippen molar-refractivity contribution in [3.05, 3.63) is 225 Å². The van der Waals surface area contributed by atoms with Crippen LogP contribution in [0.1, 0.15) is 55.6 Å². The van der Waals surface area contributed by atoms with E-state index >= 15 is 0 Å². The molecule has 96 heavy (non-hydrogen) atoms. The molecule has 0 saturated carbocycles. The largest absolute Gasteiger partial charge is 0.416 e. The number of quaternary nitrogens is 1. The maximum Gasteiger partial charge on any atom is 0.416 e. The molecule has 12 rings (SSSR count). The average Bonchev–Trinajstić information content (AvgIpc) is 1.47.